The molecular formula is C46H31NO2S2. The molecule has 0 bridgehead atoms. The van der Waals surface area contributed by atoms with Crippen molar-refractivity contribution in [1.82, 2.24) is 0 Å². The van der Waals surface area contributed by atoms with Crippen molar-refractivity contribution in [1.29, 1.82) is 0 Å². The highest BCUT2D eigenvalue weighted by Crippen LogP contribution is 2.58. The van der Waals surface area contributed by atoms with Gasteiger partial charge in [0.1, 0.15) is 0 Å². The summed E-state index contributed by atoms with van der Waals surface area (Å²) in [6.45, 7) is 7.75. The van der Waals surface area contributed by atoms with E-state index in [2.05, 4.69) is 121 Å². The molecule has 0 aliphatic carbocycles. The van der Waals surface area contributed by atoms with E-state index in [1.54, 1.807) is 0 Å². The lowest BCUT2D eigenvalue weighted by Crippen LogP contribution is -2.26. The third-order valence-corrected chi connectivity index (χ3v) is 12.8. The van der Waals surface area contributed by atoms with E-state index < -0.39 is 21.6 Å². The fourth-order valence-electron chi connectivity index (χ4n) is 7.14. The molecule has 2 aliphatic heterocycles. The molecule has 244 valence electrons. The fraction of sp³-hybridized carbons (Fsp3) is 0. The molecule has 2 unspecified atom stereocenters. The fourth-order valence-corrected chi connectivity index (χ4v) is 10.2. The number of para-hydroxylation sites is 2. The van der Waals surface area contributed by atoms with Gasteiger partial charge in [-0.05, 0) is 74.8 Å². The average Bonchev–Trinajstić information content (AvgIpc) is 3.20. The van der Waals surface area contributed by atoms with Gasteiger partial charge in [0.15, 0.2) is 0 Å². The monoisotopic (exact) mass is 693 g/mol. The quantitative estimate of drug-likeness (QED) is 0.174. The van der Waals surface area contributed by atoms with Gasteiger partial charge in [0.25, 0.3) is 0 Å². The zero-order valence-electron chi connectivity index (χ0n) is 27.6. The molecule has 0 saturated carbocycles. The zero-order chi connectivity index (χ0) is 34.6. The number of hydrogen-bond donors (Lipinski definition) is 0. The molecule has 0 fully saturated rings. The number of anilines is 3. The molecule has 0 aromatic heterocycles. The van der Waals surface area contributed by atoms with Gasteiger partial charge in [0.05, 0.1) is 58.2 Å². The molecule has 0 radical (unpaired) electrons. The van der Waals surface area contributed by atoms with E-state index in [1.165, 1.54) is 0 Å². The first kappa shape index (κ1) is 31.1. The number of nitrogens with zero attached hydrogens (tertiary/aromatic N) is 1. The van der Waals surface area contributed by atoms with Crippen LogP contribution in [0.1, 0.15) is 11.1 Å². The molecule has 2 heterocycles. The van der Waals surface area contributed by atoms with Crippen LogP contribution in [0, 0.1) is 0 Å². The summed E-state index contributed by atoms with van der Waals surface area (Å²) in [6, 6.07) is 51.3. The Labute approximate surface area is 302 Å². The molecule has 2 atom stereocenters. The largest absolute Gasteiger partial charge is 0.306 e. The van der Waals surface area contributed by atoms with E-state index in [0.717, 1.165) is 82.5 Å². The van der Waals surface area contributed by atoms with Crippen LogP contribution in [0.4, 0.5) is 17.1 Å². The summed E-state index contributed by atoms with van der Waals surface area (Å²) < 4.78 is 29.5. The predicted molar refractivity (Wildman–Crippen MR) is 212 cm³/mol. The van der Waals surface area contributed by atoms with Crippen LogP contribution in [0.5, 0.6) is 0 Å². The van der Waals surface area contributed by atoms with Crippen molar-refractivity contribution in [2.45, 2.75) is 19.6 Å². The van der Waals surface area contributed by atoms with Crippen molar-refractivity contribution in [3.63, 3.8) is 0 Å². The highest BCUT2D eigenvalue weighted by atomic mass is 32.2. The molecule has 0 amide bonds. The Kier molecular flexibility index (Phi) is 7.61. The summed E-state index contributed by atoms with van der Waals surface area (Å²) in [6.07, 6.45) is 3.68. The summed E-state index contributed by atoms with van der Waals surface area (Å²) in [5.41, 5.74) is 12.5. The Bertz CT molecular complexity index is 2390. The lowest BCUT2D eigenvalue weighted by Gasteiger charge is -2.39. The summed E-state index contributed by atoms with van der Waals surface area (Å²) in [7, 11) is -3.05. The van der Waals surface area contributed by atoms with Crippen LogP contribution < -0.4 is 4.90 Å². The van der Waals surface area contributed by atoms with Gasteiger partial charge in [0.2, 0.25) is 0 Å². The van der Waals surface area contributed by atoms with Crippen molar-refractivity contribution >= 4 is 50.8 Å². The third kappa shape index (κ3) is 5.08. The molecule has 2 aliphatic rings. The average molecular weight is 694 g/mol. The summed E-state index contributed by atoms with van der Waals surface area (Å²) in [5.74, 6) is 0. The van der Waals surface area contributed by atoms with Gasteiger partial charge < -0.3 is 4.90 Å². The second kappa shape index (κ2) is 12.5. The third-order valence-electron chi connectivity index (χ3n) is 9.77. The van der Waals surface area contributed by atoms with Gasteiger partial charge in [-0.25, -0.2) is 8.42 Å². The second-order valence-corrected chi connectivity index (χ2v) is 15.4. The summed E-state index contributed by atoms with van der Waals surface area (Å²) in [5, 5.41) is 0. The molecule has 9 rings (SSSR count). The van der Waals surface area contributed by atoms with E-state index in [-0.39, 0.29) is 0 Å². The van der Waals surface area contributed by atoms with Crippen LogP contribution in [0.3, 0.4) is 0 Å². The first-order chi connectivity index (χ1) is 25.0. The van der Waals surface area contributed by atoms with Crippen molar-refractivity contribution in [2.75, 3.05) is 4.90 Å². The SMILES string of the molecule is C=Cc1ccc(-c2ccc(-c3cc(-c4ccc(-c5ccc(C=C)cc5)cc4)c4c5c3S(=O)c3ccccc3N5c3ccccc3S4=O)cc2)cc1. The van der Waals surface area contributed by atoms with Gasteiger partial charge in [-0.3, -0.25) is 0 Å². The van der Waals surface area contributed by atoms with Gasteiger partial charge in [-0.2, -0.15) is 0 Å². The van der Waals surface area contributed by atoms with Crippen molar-refractivity contribution in [3.05, 3.63) is 176 Å². The van der Waals surface area contributed by atoms with E-state index in [0.29, 0.717) is 9.79 Å². The molecule has 5 heteroatoms. The standard InChI is InChI=1S/C46H31NO2S2/c1-3-30-13-17-32(18-14-30)34-21-25-36(26-22-34)38-29-39(37-27-23-35(24-28-37)33-19-15-31(4-2)16-20-33)46-44-45(38)50(48)42-11-7-5-9-40(42)47(44)41-10-6-8-12-43(41)51(46)49/h3-29H,1-2H2. The maximum atomic E-state index is 14.8. The van der Waals surface area contributed by atoms with Crippen LogP contribution in [-0.4, -0.2) is 8.42 Å². The maximum Gasteiger partial charge on any atom is 0.0899 e. The molecule has 51 heavy (non-hydrogen) atoms. The zero-order valence-corrected chi connectivity index (χ0v) is 29.2. The molecule has 0 saturated heterocycles. The summed E-state index contributed by atoms with van der Waals surface area (Å²) in [4.78, 5) is 5.00. The minimum Gasteiger partial charge on any atom is -0.306 e. The van der Waals surface area contributed by atoms with Crippen LogP contribution in [0.15, 0.2) is 184 Å². The van der Waals surface area contributed by atoms with Crippen LogP contribution in [0.25, 0.3) is 56.7 Å². The lowest BCUT2D eigenvalue weighted by molar-refractivity contribution is 0.679. The Hall–Kier alpha value is -5.88. The van der Waals surface area contributed by atoms with Gasteiger partial charge >= 0.3 is 0 Å². The minimum absolute atomic E-state index is 0.678. The maximum absolute atomic E-state index is 14.8. The van der Waals surface area contributed by atoms with Crippen molar-refractivity contribution in [3.8, 4) is 44.5 Å². The molecule has 0 spiro atoms. The number of benzene rings is 7. The molecular weight excluding hydrogens is 663 g/mol. The van der Waals surface area contributed by atoms with Crippen LogP contribution in [0.2, 0.25) is 0 Å². The normalized spacial score (nSPS) is 15.3. The lowest BCUT2D eigenvalue weighted by atomic mass is 9.94. The molecule has 7 aromatic carbocycles. The highest BCUT2D eigenvalue weighted by molar-refractivity contribution is 7.87. The number of fused-ring (bicyclic) bond motifs is 4. The first-order valence-corrected chi connectivity index (χ1v) is 19.0. The topological polar surface area (TPSA) is 37.4 Å². The van der Waals surface area contributed by atoms with Crippen molar-refractivity contribution in [2.24, 2.45) is 0 Å². The number of rotatable bonds is 6. The van der Waals surface area contributed by atoms with Gasteiger partial charge in [-0.1, -0.05) is 147 Å². The minimum atomic E-state index is -1.53. The smallest absolute Gasteiger partial charge is 0.0899 e. The Morgan fingerprint density at radius 3 is 1.14 bits per heavy atom. The van der Waals surface area contributed by atoms with E-state index in [1.807, 2.05) is 60.7 Å². The Morgan fingerprint density at radius 1 is 0.431 bits per heavy atom. The van der Waals surface area contributed by atoms with Gasteiger partial charge in [0, 0.05) is 11.1 Å². The van der Waals surface area contributed by atoms with Gasteiger partial charge in [-0.15, -0.1) is 0 Å². The van der Waals surface area contributed by atoms with Crippen molar-refractivity contribution < 1.29 is 8.42 Å². The predicted octanol–water partition coefficient (Wildman–Crippen LogP) is 12.1. The Morgan fingerprint density at radius 2 is 0.765 bits per heavy atom. The highest BCUT2D eigenvalue weighted by Gasteiger charge is 2.41. The van der Waals surface area contributed by atoms with E-state index >= 15 is 0 Å². The second-order valence-electron chi connectivity index (χ2n) is 12.6. The first-order valence-electron chi connectivity index (χ1n) is 16.7. The summed E-state index contributed by atoms with van der Waals surface area (Å²) >= 11 is 0. The Balaban J connectivity index is 1.28. The molecule has 7 aromatic rings. The number of hydrogen-bond acceptors (Lipinski definition) is 3. The van der Waals surface area contributed by atoms with Crippen LogP contribution >= 0.6 is 0 Å². The van der Waals surface area contributed by atoms with E-state index in [9.17, 15) is 8.42 Å². The van der Waals surface area contributed by atoms with Crippen LogP contribution in [-0.2, 0) is 21.6 Å². The van der Waals surface area contributed by atoms with E-state index in [4.69, 9.17) is 0 Å². The molecule has 0 N–H and O–H groups in total. The molecule has 3 nitrogen and oxygen atoms in total.